The summed E-state index contributed by atoms with van der Waals surface area (Å²) >= 11 is 1.27. The average Bonchev–Trinajstić information content (AvgIpc) is 3.00. The fraction of sp³-hybridized carbons (Fsp3) is 0.211. The van der Waals surface area contributed by atoms with E-state index < -0.39 is 0 Å². The number of hydrogen-bond acceptors (Lipinski definition) is 5. The van der Waals surface area contributed by atoms with Crippen LogP contribution in [0.15, 0.2) is 53.7 Å². The van der Waals surface area contributed by atoms with Crippen molar-refractivity contribution in [3.05, 3.63) is 65.2 Å². The number of nitrogens with one attached hydrogen (secondary N) is 1. The predicted molar refractivity (Wildman–Crippen MR) is 104 cm³/mol. The topological polar surface area (TPSA) is 85.8 Å². The van der Waals surface area contributed by atoms with Crippen molar-refractivity contribution in [2.75, 3.05) is 11.6 Å². The molecule has 0 aliphatic carbocycles. The number of carbonyl (C=O) groups excluding carboxylic acids is 1. The predicted octanol–water partition coefficient (Wildman–Crippen LogP) is 2.68. The number of rotatable bonds is 6. The molecule has 26 heavy (non-hydrogen) atoms. The number of thioether (sulfide) groups is 1. The smallest absolute Gasteiger partial charge is 0.230 e. The number of hydrogen-bond donors (Lipinski definition) is 2. The van der Waals surface area contributed by atoms with Gasteiger partial charge in [0.2, 0.25) is 11.1 Å². The third-order valence-electron chi connectivity index (χ3n) is 4.12. The van der Waals surface area contributed by atoms with Crippen LogP contribution >= 0.6 is 11.8 Å². The number of benzene rings is 2. The highest BCUT2D eigenvalue weighted by atomic mass is 32.2. The van der Waals surface area contributed by atoms with E-state index in [1.807, 2.05) is 62.4 Å². The molecule has 0 unspecified atom stereocenters. The third kappa shape index (κ3) is 4.05. The van der Waals surface area contributed by atoms with E-state index in [0.29, 0.717) is 17.5 Å². The lowest BCUT2D eigenvalue weighted by Crippen LogP contribution is -2.25. The monoisotopic (exact) mass is 367 g/mol. The number of aromatic nitrogens is 3. The van der Waals surface area contributed by atoms with Gasteiger partial charge in [0.15, 0.2) is 5.82 Å². The molecule has 0 fully saturated rings. The Labute approximate surface area is 156 Å². The summed E-state index contributed by atoms with van der Waals surface area (Å²) in [5, 5.41) is 11.7. The van der Waals surface area contributed by atoms with Gasteiger partial charge in [0.25, 0.3) is 0 Å². The van der Waals surface area contributed by atoms with Crippen LogP contribution in [0.2, 0.25) is 0 Å². The van der Waals surface area contributed by atoms with Crippen molar-refractivity contribution >= 4 is 17.7 Å². The second kappa shape index (κ2) is 8.05. The lowest BCUT2D eigenvalue weighted by Gasteiger charge is -2.08. The lowest BCUT2D eigenvalue weighted by atomic mass is 10.1. The van der Waals surface area contributed by atoms with E-state index in [9.17, 15) is 4.79 Å². The fourth-order valence-corrected chi connectivity index (χ4v) is 3.25. The van der Waals surface area contributed by atoms with Gasteiger partial charge in [-0.3, -0.25) is 4.79 Å². The van der Waals surface area contributed by atoms with Gasteiger partial charge in [-0.05, 0) is 30.5 Å². The molecule has 0 bridgehead atoms. The Morgan fingerprint density at radius 1 is 1.08 bits per heavy atom. The van der Waals surface area contributed by atoms with Gasteiger partial charge in [-0.15, -0.1) is 10.2 Å². The molecule has 3 aromatic rings. The number of aryl methyl sites for hydroxylation is 2. The maximum Gasteiger partial charge on any atom is 0.230 e. The zero-order chi connectivity index (χ0) is 18.5. The summed E-state index contributed by atoms with van der Waals surface area (Å²) in [5.74, 6) is 6.86. The zero-order valence-electron chi connectivity index (χ0n) is 14.8. The zero-order valence-corrected chi connectivity index (χ0v) is 15.6. The minimum absolute atomic E-state index is 0.0707. The maximum absolute atomic E-state index is 12.1. The number of nitrogens with zero attached hydrogens (tertiary/aromatic N) is 3. The van der Waals surface area contributed by atoms with Crippen molar-refractivity contribution in [2.45, 2.75) is 25.5 Å². The minimum atomic E-state index is -0.0707. The van der Waals surface area contributed by atoms with E-state index in [1.54, 1.807) is 0 Å². The second-order valence-corrected chi connectivity index (χ2v) is 6.93. The van der Waals surface area contributed by atoms with Crippen LogP contribution < -0.4 is 11.2 Å². The van der Waals surface area contributed by atoms with E-state index >= 15 is 0 Å². The Bertz CT molecular complexity index is 922. The molecular formula is C19H21N5OS. The highest BCUT2D eigenvalue weighted by Crippen LogP contribution is 2.23. The number of nitrogen functional groups attached to an aromatic ring is 1. The van der Waals surface area contributed by atoms with Crippen LogP contribution in [0.5, 0.6) is 0 Å². The molecule has 1 heterocycles. The lowest BCUT2D eigenvalue weighted by molar-refractivity contribution is -0.118. The van der Waals surface area contributed by atoms with Crippen molar-refractivity contribution in [1.29, 1.82) is 0 Å². The quantitative estimate of drug-likeness (QED) is 0.517. The Morgan fingerprint density at radius 3 is 2.50 bits per heavy atom. The molecule has 3 N–H and O–H groups in total. The van der Waals surface area contributed by atoms with E-state index in [2.05, 4.69) is 15.5 Å². The first-order valence-electron chi connectivity index (χ1n) is 8.26. The molecule has 7 heteroatoms. The largest absolute Gasteiger partial charge is 0.351 e. The van der Waals surface area contributed by atoms with Crippen LogP contribution in [0.4, 0.5) is 0 Å². The van der Waals surface area contributed by atoms with Gasteiger partial charge in [-0.1, -0.05) is 60.3 Å². The van der Waals surface area contributed by atoms with Gasteiger partial charge < -0.3 is 11.2 Å². The van der Waals surface area contributed by atoms with E-state index in [0.717, 1.165) is 22.3 Å². The Kier molecular flexibility index (Phi) is 5.58. The van der Waals surface area contributed by atoms with Crippen LogP contribution in [0.3, 0.4) is 0 Å². The fourth-order valence-electron chi connectivity index (χ4n) is 2.57. The van der Waals surface area contributed by atoms with Crippen LogP contribution in [-0.4, -0.2) is 26.5 Å². The number of carbonyl (C=O) groups is 1. The molecule has 0 saturated heterocycles. The first-order chi connectivity index (χ1) is 12.6. The molecule has 1 aromatic heterocycles. The minimum Gasteiger partial charge on any atom is -0.351 e. The molecular weight excluding hydrogens is 346 g/mol. The van der Waals surface area contributed by atoms with Crippen molar-refractivity contribution in [1.82, 2.24) is 20.2 Å². The summed E-state index contributed by atoms with van der Waals surface area (Å²) < 4.78 is 1.43. The van der Waals surface area contributed by atoms with E-state index in [4.69, 9.17) is 5.84 Å². The van der Waals surface area contributed by atoms with Gasteiger partial charge >= 0.3 is 0 Å². The summed E-state index contributed by atoms with van der Waals surface area (Å²) in [6.07, 6.45) is 0. The maximum atomic E-state index is 12.1. The number of nitrogens with two attached hydrogens (primary N) is 1. The number of amides is 1. The van der Waals surface area contributed by atoms with Crippen molar-refractivity contribution < 1.29 is 4.79 Å². The van der Waals surface area contributed by atoms with Gasteiger partial charge in [-0.2, -0.15) is 0 Å². The Balaban J connectivity index is 1.59. The summed E-state index contributed by atoms with van der Waals surface area (Å²) in [4.78, 5) is 12.1. The van der Waals surface area contributed by atoms with Crippen molar-refractivity contribution in [3.63, 3.8) is 0 Å². The van der Waals surface area contributed by atoms with Crippen molar-refractivity contribution in [2.24, 2.45) is 0 Å². The Hall–Kier alpha value is -2.80. The standard InChI is InChI=1S/C19H21N5OS/c1-13-7-3-5-9-15(13)11-21-17(25)12-26-19-23-22-18(24(19)20)16-10-6-4-8-14(16)2/h3-10H,11-12,20H2,1-2H3,(H,21,25). The summed E-state index contributed by atoms with van der Waals surface area (Å²) in [7, 11) is 0. The average molecular weight is 367 g/mol. The molecule has 2 aromatic carbocycles. The van der Waals surface area contributed by atoms with Crippen LogP contribution in [0, 0.1) is 13.8 Å². The molecule has 134 valence electrons. The highest BCUT2D eigenvalue weighted by molar-refractivity contribution is 7.99. The summed E-state index contributed by atoms with van der Waals surface area (Å²) in [6, 6.07) is 15.8. The molecule has 0 aliphatic rings. The first-order valence-corrected chi connectivity index (χ1v) is 9.25. The molecule has 0 atom stereocenters. The van der Waals surface area contributed by atoms with Gasteiger partial charge in [0.1, 0.15) is 0 Å². The van der Waals surface area contributed by atoms with Crippen molar-refractivity contribution in [3.8, 4) is 11.4 Å². The molecule has 0 radical (unpaired) electrons. The van der Waals surface area contributed by atoms with Gasteiger partial charge in [0, 0.05) is 12.1 Å². The van der Waals surface area contributed by atoms with Crippen LogP contribution in [0.25, 0.3) is 11.4 Å². The SMILES string of the molecule is Cc1ccccc1CNC(=O)CSc1nnc(-c2ccccc2C)n1N. The Morgan fingerprint density at radius 2 is 1.77 bits per heavy atom. The molecule has 0 spiro atoms. The molecule has 6 nitrogen and oxygen atoms in total. The van der Waals surface area contributed by atoms with E-state index in [-0.39, 0.29) is 11.7 Å². The van der Waals surface area contributed by atoms with Gasteiger partial charge in [-0.25, -0.2) is 4.68 Å². The summed E-state index contributed by atoms with van der Waals surface area (Å²) in [5.41, 5.74) is 4.26. The summed E-state index contributed by atoms with van der Waals surface area (Å²) in [6.45, 7) is 4.53. The van der Waals surface area contributed by atoms with Gasteiger partial charge in [0.05, 0.1) is 5.75 Å². The molecule has 3 rings (SSSR count). The van der Waals surface area contributed by atoms with Crippen LogP contribution in [-0.2, 0) is 11.3 Å². The third-order valence-corrected chi connectivity index (χ3v) is 5.06. The first kappa shape index (κ1) is 18.0. The molecule has 1 amide bonds. The van der Waals surface area contributed by atoms with E-state index in [1.165, 1.54) is 16.4 Å². The van der Waals surface area contributed by atoms with Crippen LogP contribution in [0.1, 0.15) is 16.7 Å². The second-order valence-electron chi connectivity index (χ2n) is 5.98. The molecule has 0 aliphatic heterocycles. The molecule has 0 saturated carbocycles. The highest BCUT2D eigenvalue weighted by Gasteiger charge is 2.15. The normalized spacial score (nSPS) is 10.7.